The summed E-state index contributed by atoms with van der Waals surface area (Å²) in [5.41, 5.74) is 2.68. The lowest BCUT2D eigenvalue weighted by Gasteiger charge is -2.45. The highest BCUT2D eigenvalue weighted by molar-refractivity contribution is 6.02. The Morgan fingerprint density at radius 1 is 1.00 bits per heavy atom. The number of amidine groups is 1. The minimum absolute atomic E-state index is 0.0723. The van der Waals surface area contributed by atoms with E-state index in [1.807, 2.05) is 79.4 Å². The summed E-state index contributed by atoms with van der Waals surface area (Å²) < 4.78 is 0. The van der Waals surface area contributed by atoms with Crippen molar-refractivity contribution in [2.24, 2.45) is 4.99 Å². The molecule has 2 atom stereocenters. The number of rotatable bonds is 7. The highest BCUT2D eigenvalue weighted by atomic mass is 16.2. The lowest BCUT2D eigenvalue weighted by atomic mass is 10.0. The Bertz CT molecular complexity index is 918. The summed E-state index contributed by atoms with van der Waals surface area (Å²) >= 11 is 0. The van der Waals surface area contributed by atoms with Crippen molar-refractivity contribution in [2.45, 2.75) is 39.8 Å². The van der Waals surface area contributed by atoms with Crippen LogP contribution in [0.1, 0.15) is 43.6 Å². The van der Waals surface area contributed by atoms with Gasteiger partial charge in [-0.25, -0.2) is 4.99 Å². The van der Waals surface area contributed by atoms with Crippen molar-refractivity contribution in [1.82, 2.24) is 14.7 Å². The van der Waals surface area contributed by atoms with Crippen molar-refractivity contribution in [3.05, 3.63) is 78.4 Å². The topological polar surface area (TPSA) is 39.1 Å². The summed E-state index contributed by atoms with van der Waals surface area (Å²) in [5, 5.41) is 0. The van der Waals surface area contributed by atoms with Crippen LogP contribution in [0, 0.1) is 0 Å². The number of piperazine rings is 1. The highest BCUT2D eigenvalue weighted by Gasteiger charge is 2.31. The van der Waals surface area contributed by atoms with Gasteiger partial charge in [0.05, 0.1) is 5.69 Å². The van der Waals surface area contributed by atoms with E-state index in [2.05, 4.69) is 30.2 Å². The van der Waals surface area contributed by atoms with Gasteiger partial charge in [-0.2, -0.15) is 0 Å². The molecule has 32 heavy (non-hydrogen) atoms. The second kappa shape index (κ2) is 11.1. The van der Waals surface area contributed by atoms with Gasteiger partial charge in [0.2, 0.25) is 0 Å². The second-order valence-corrected chi connectivity index (χ2v) is 8.42. The van der Waals surface area contributed by atoms with Crippen LogP contribution < -0.4 is 0 Å². The maximum atomic E-state index is 12.7. The zero-order valence-electron chi connectivity index (χ0n) is 19.9. The Balaban J connectivity index is 1.95. The van der Waals surface area contributed by atoms with Gasteiger partial charge in [0, 0.05) is 55.9 Å². The average molecular weight is 433 g/mol. The molecule has 0 aromatic heterocycles. The molecule has 0 bridgehead atoms. The van der Waals surface area contributed by atoms with Crippen LogP contribution in [0.25, 0.3) is 0 Å². The van der Waals surface area contributed by atoms with E-state index >= 15 is 0 Å². The largest absolute Gasteiger partial charge is 0.351 e. The van der Waals surface area contributed by atoms with Crippen molar-refractivity contribution in [1.29, 1.82) is 0 Å². The van der Waals surface area contributed by atoms with Gasteiger partial charge >= 0.3 is 0 Å². The van der Waals surface area contributed by atoms with Gasteiger partial charge in [-0.15, -0.1) is 6.58 Å². The van der Waals surface area contributed by atoms with E-state index in [0.717, 1.165) is 36.7 Å². The smallest absolute Gasteiger partial charge is 0.253 e. The maximum Gasteiger partial charge on any atom is 0.253 e. The van der Waals surface area contributed by atoms with Crippen LogP contribution in [0.3, 0.4) is 0 Å². The third-order valence-electron chi connectivity index (χ3n) is 6.18. The first-order chi connectivity index (χ1) is 15.5. The lowest BCUT2D eigenvalue weighted by Crippen LogP contribution is -2.58. The zero-order chi connectivity index (χ0) is 23.1. The van der Waals surface area contributed by atoms with E-state index < -0.39 is 0 Å². The molecule has 0 unspecified atom stereocenters. The minimum atomic E-state index is 0.0723. The Hall–Kier alpha value is -2.92. The Kier molecular flexibility index (Phi) is 8.23. The molecule has 0 spiro atoms. The van der Waals surface area contributed by atoms with Crippen LogP contribution in [0.4, 0.5) is 5.69 Å². The monoisotopic (exact) mass is 432 g/mol. The number of nitrogens with zero attached hydrogens (tertiary/aromatic N) is 4. The first-order valence-corrected chi connectivity index (χ1v) is 11.6. The van der Waals surface area contributed by atoms with E-state index in [4.69, 9.17) is 4.99 Å². The fourth-order valence-corrected chi connectivity index (χ4v) is 4.29. The van der Waals surface area contributed by atoms with Gasteiger partial charge in [0.25, 0.3) is 5.91 Å². The Morgan fingerprint density at radius 3 is 2.22 bits per heavy atom. The number of hydrogen-bond acceptors (Lipinski definition) is 3. The number of para-hydroxylation sites is 1. The molecule has 0 saturated carbocycles. The number of carbonyl (C=O) groups is 1. The third kappa shape index (κ3) is 5.46. The molecule has 2 aromatic carbocycles. The summed E-state index contributed by atoms with van der Waals surface area (Å²) in [6.45, 7) is 16.6. The number of carbonyl (C=O) groups excluding carboxylic acids is 1. The van der Waals surface area contributed by atoms with Crippen LogP contribution in [-0.4, -0.2) is 71.2 Å². The van der Waals surface area contributed by atoms with Gasteiger partial charge < -0.3 is 9.80 Å². The predicted octanol–water partition coefficient (Wildman–Crippen LogP) is 4.83. The molecule has 1 fully saturated rings. The fraction of sp³-hybridized carbons (Fsp3) is 0.407. The first kappa shape index (κ1) is 23.7. The van der Waals surface area contributed by atoms with Crippen molar-refractivity contribution >= 4 is 17.4 Å². The molecule has 3 rings (SSSR count). The van der Waals surface area contributed by atoms with Crippen molar-refractivity contribution in [2.75, 3.05) is 32.7 Å². The van der Waals surface area contributed by atoms with Gasteiger partial charge in [-0.05, 0) is 52.0 Å². The molecule has 5 heteroatoms. The van der Waals surface area contributed by atoms with Crippen LogP contribution in [0.5, 0.6) is 0 Å². The standard InChI is InChI=1S/C27H36N4O/c1-6-18-30-19-22(5)31(20-21(30)4)26(28-25-12-10-9-11-13-25)23-14-16-24(17-15-23)27(32)29(7-2)8-3/h6,9-17,21-22H,1,7-8,18-20H2,2-5H3/b28-26+/t21-,22+/m1/s1. The van der Waals surface area contributed by atoms with Crippen LogP contribution >= 0.6 is 0 Å². The third-order valence-corrected chi connectivity index (χ3v) is 6.18. The molecule has 1 aliphatic rings. The molecule has 5 nitrogen and oxygen atoms in total. The van der Waals surface area contributed by atoms with Gasteiger partial charge in [0.15, 0.2) is 0 Å². The van der Waals surface area contributed by atoms with E-state index in [9.17, 15) is 4.79 Å². The van der Waals surface area contributed by atoms with Gasteiger partial charge in [-0.3, -0.25) is 9.69 Å². The average Bonchev–Trinajstić information content (AvgIpc) is 2.81. The molecule has 170 valence electrons. The summed E-state index contributed by atoms with van der Waals surface area (Å²) in [7, 11) is 0. The number of amides is 1. The summed E-state index contributed by atoms with van der Waals surface area (Å²) in [4.78, 5) is 24.5. The Labute approximate surface area is 193 Å². The fourth-order valence-electron chi connectivity index (χ4n) is 4.29. The van der Waals surface area contributed by atoms with E-state index in [0.29, 0.717) is 30.7 Å². The SMILES string of the molecule is C=CCN1C[C@H](C)N(/C(=N/c2ccccc2)c2ccc(C(=O)N(CC)CC)cc2)C[C@H]1C. The number of benzene rings is 2. The predicted molar refractivity (Wildman–Crippen MR) is 134 cm³/mol. The molecule has 1 amide bonds. The molecule has 0 N–H and O–H groups in total. The van der Waals surface area contributed by atoms with Crippen LogP contribution in [-0.2, 0) is 0 Å². The van der Waals surface area contributed by atoms with Crippen LogP contribution in [0.2, 0.25) is 0 Å². The minimum Gasteiger partial charge on any atom is -0.351 e. The molecular weight excluding hydrogens is 396 g/mol. The maximum absolute atomic E-state index is 12.7. The van der Waals surface area contributed by atoms with Crippen molar-refractivity contribution in [3.63, 3.8) is 0 Å². The normalized spacial score (nSPS) is 19.6. The molecule has 0 radical (unpaired) electrons. The number of hydrogen-bond donors (Lipinski definition) is 0. The molecule has 1 saturated heterocycles. The molecular formula is C27H36N4O. The first-order valence-electron chi connectivity index (χ1n) is 11.6. The van der Waals surface area contributed by atoms with E-state index in [1.165, 1.54) is 0 Å². The highest BCUT2D eigenvalue weighted by Crippen LogP contribution is 2.22. The second-order valence-electron chi connectivity index (χ2n) is 8.42. The van der Waals surface area contributed by atoms with Gasteiger partial charge in [0.1, 0.15) is 5.84 Å². The lowest BCUT2D eigenvalue weighted by molar-refractivity contribution is 0.0773. The quantitative estimate of drug-likeness (QED) is 0.357. The molecule has 1 heterocycles. The number of aliphatic imine (C=N–C) groups is 1. The summed E-state index contributed by atoms with van der Waals surface area (Å²) in [6, 6.07) is 18.7. The molecule has 1 aliphatic heterocycles. The summed E-state index contributed by atoms with van der Waals surface area (Å²) in [6.07, 6.45) is 1.98. The van der Waals surface area contributed by atoms with E-state index in [1.54, 1.807) is 0 Å². The molecule has 2 aromatic rings. The molecule has 0 aliphatic carbocycles. The Morgan fingerprint density at radius 2 is 1.62 bits per heavy atom. The van der Waals surface area contributed by atoms with Crippen molar-refractivity contribution in [3.8, 4) is 0 Å². The van der Waals surface area contributed by atoms with Crippen molar-refractivity contribution < 1.29 is 4.79 Å². The van der Waals surface area contributed by atoms with Gasteiger partial charge in [-0.1, -0.05) is 36.4 Å². The van der Waals surface area contributed by atoms with E-state index in [-0.39, 0.29) is 5.91 Å². The zero-order valence-corrected chi connectivity index (χ0v) is 19.9. The van der Waals surface area contributed by atoms with Crippen LogP contribution in [0.15, 0.2) is 72.2 Å². The summed E-state index contributed by atoms with van der Waals surface area (Å²) in [5.74, 6) is 1.03.